The van der Waals surface area contributed by atoms with Crippen LogP contribution in [0.25, 0.3) is 6.08 Å². The Morgan fingerprint density at radius 1 is 0.933 bits per heavy atom. The third kappa shape index (κ3) is 1.08. The summed E-state index contributed by atoms with van der Waals surface area (Å²) in [5.41, 5.74) is 3.18. The Hall–Kier alpha value is -1.04. The molecule has 0 amide bonds. The molecule has 1 aromatic carbocycles. The highest BCUT2D eigenvalue weighted by molar-refractivity contribution is 5.60. The molecular formula is C15H16. The number of hydrogen-bond donors (Lipinski definition) is 0. The molecule has 15 heavy (non-hydrogen) atoms. The maximum atomic E-state index is 2.46. The lowest BCUT2D eigenvalue weighted by Gasteiger charge is -2.03. The average molecular weight is 196 g/mol. The number of fused-ring (bicyclic) bond motifs is 5. The van der Waals surface area contributed by atoms with Gasteiger partial charge in [0.15, 0.2) is 0 Å². The van der Waals surface area contributed by atoms with Gasteiger partial charge in [-0.3, -0.25) is 0 Å². The van der Waals surface area contributed by atoms with Crippen molar-refractivity contribution in [3.05, 3.63) is 41.5 Å². The second-order valence-electron chi connectivity index (χ2n) is 5.44. The van der Waals surface area contributed by atoms with E-state index < -0.39 is 0 Å². The van der Waals surface area contributed by atoms with E-state index in [1.165, 1.54) is 18.4 Å². The number of rotatable bonds is 1. The molecule has 2 bridgehead atoms. The molecule has 0 saturated heterocycles. The summed E-state index contributed by atoms with van der Waals surface area (Å²) >= 11 is 0. The fourth-order valence-corrected chi connectivity index (χ4v) is 4.10. The fraction of sp³-hybridized carbons (Fsp3) is 0.467. The third-order valence-electron chi connectivity index (χ3n) is 4.71. The first-order valence-corrected chi connectivity index (χ1v) is 6.20. The van der Waals surface area contributed by atoms with E-state index in [1.807, 2.05) is 0 Å². The van der Waals surface area contributed by atoms with E-state index in [1.54, 1.807) is 12.0 Å². The van der Waals surface area contributed by atoms with Gasteiger partial charge in [-0.2, -0.15) is 0 Å². The lowest BCUT2D eigenvalue weighted by atomic mass is 10.0. The van der Waals surface area contributed by atoms with Crippen LogP contribution >= 0.6 is 0 Å². The standard InChI is InChI=1S/C15H16/c1-2-4-10(5-3-1)8-13-14-11-6-7-12(9-11)15(13)14/h1-5,8,11-12,14-15H,6-7,9H2/t11-,12+,14-,15+. The fourth-order valence-electron chi connectivity index (χ4n) is 4.10. The van der Waals surface area contributed by atoms with Gasteiger partial charge in [-0.15, -0.1) is 0 Å². The minimum Gasteiger partial charge on any atom is -0.0622 e. The third-order valence-corrected chi connectivity index (χ3v) is 4.71. The first-order chi connectivity index (χ1) is 7.43. The van der Waals surface area contributed by atoms with Crippen LogP contribution < -0.4 is 0 Å². The quantitative estimate of drug-likeness (QED) is 0.641. The van der Waals surface area contributed by atoms with Gasteiger partial charge >= 0.3 is 0 Å². The van der Waals surface area contributed by atoms with Gasteiger partial charge in [0.25, 0.3) is 0 Å². The van der Waals surface area contributed by atoms with Gasteiger partial charge < -0.3 is 0 Å². The minimum atomic E-state index is 1.00. The van der Waals surface area contributed by atoms with Crippen molar-refractivity contribution in [2.45, 2.75) is 19.3 Å². The van der Waals surface area contributed by atoms with Gasteiger partial charge in [0.2, 0.25) is 0 Å². The first kappa shape index (κ1) is 8.15. The van der Waals surface area contributed by atoms with Gasteiger partial charge in [0, 0.05) is 0 Å². The summed E-state index contributed by atoms with van der Waals surface area (Å²) in [6, 6.07) is 10.8. The van der Waals surface area contributed by atoms with E-state index in [0.29, 0.717) is 0 Å². The average Bonchev–Trinajstić information content (AvgIpc) is 2.71. The summed E-state index contributed by atoms with van der Waals surface area (Å²) in [6.45, 7) is 0. The lowest BCUT2D eigenvalue weighted by Crippen LogP contribution is -1.95. The molecule has 4 atom stereocenters. The molecule has 0 spiro atoms. The maximum Gasteiger partial charge on any atom is -0.00998 e. The maximum absolute atomic E-state index is 2.46. The zero-order valence-corrected chi connectivity index (χ0v) is 8.89. The normalized spacial score (nSPS) is 43.3. The van der Waals surface area contributed by atoms with Crippen LogP contribution in [0.2, 0.25) is 0 Å². The van der Waals surface area contributed by atoms with E-state index in [0.717, 1.165) is 23.7 Å². The van der Waals surface area contributed by atoms with Crippen molar-refractivity contribution in [2.75, 3.05) is 0 Å². The van der Waals surface area contributed by atoms with Crippen LogP contribution in [-0.4, -0.2) is 0 Å². The number of hydrogen-bond acceptors (Lipinski definition) is 0. The van der Waals surface area contributed by atoms with Crippen LogP contribution in [0.3, 0.4) is 0 Å². The van der Waals surface area contributed by atoms with Crippen molar-refractivity contribution in [3.63, 3.8) is 0 Å². The molecule has 0 heteroatoms. The molecule has 0 aromatic heterocycles. The van der Waals surface area contributed by atoms with E-state index >= 15 is 0 Å². The summed E-state index contributed by atoms with van der Waals surface area (Å²) in [7, 11) is 0. The SMILES string of the molecule is C(=C1[C@@H]2[C@H]3CC[C@H](C3)[C@H]12)c1ccccc1. The van der Waals surface area contributed by atoms with Crippen molar-refractivity contribution < 1.29 is 0 Å². The second-order valence-corrected chi connectivity index (χ2v) is 5.44. The highest BCUT2D eigenvalue weighted by Gasteiger charge is 2.60. The Kier molecular flexibility index (Phi) is 1.49. The lowest BCUT2D eigenvalue weighted by molar-refractivity contribution is 0.456. The van der Waals surface area contributed by atoms with Gasteiger partial charge in [-0.05, 0) is 48.5 Å². The molecule has 3 aliphatic carbocycles. The smallest absolute Gasteiger partial charge is 0.00998 e. The summed E-state index contributed by atoms with van der Waals surface area (Å²) in [5.74, 6) is 4.14. The molecule has 0 radical (unpaired) electrons. The Morgan fingerprint density at radius 3 is 2.27 bits per heavy atom. The zero-order valence-electron chi connectivity index (χ0n) is 8.89. The summed E-state index contributed by atoms with van der Waals surface area (Å²) < 4.78 is 0. The predicted octanol–water partition coefficient (Wildman–Crippen LogP) is 3.75. The van der Waals surface area contributed by atoms with Crippen molar-refractivity contribution >= 4 is 6.08 Å². The Balaban J connectivity index is 1.65. The van der Waals surface area contributed by atoms with E-state index in [9.17, 15) is 0 Å². The molecule has 0 unspecified atom stereocenters. The molecule has 0 N–H and O–H groups in total. The second kappa shape index (κ2) is 2.75. The Morgan fingerprint density at radius 2 is 1.60 bits per heavy atom. The Bertz CT molecular complexity index is 397. The number of allylic oxidation sites excluding steroid dienone is 1. The van der Waals surface area contributed by atoms with Crippen LogP contribution in [0.5, 0.6) is 0 Å². The summed E-state index contributed by atoms with van der Waals surface area (Å²) in [6.07, 6.45) is 7.03. The molecule has 3 fully saturated rings. The molecule has 3 saturated carbocycles. The molecule has 0 aliphatic heterocycles. The topological polar surface area (TPSA) is 0 Å². The van der Waals surface area contributed by atoms with E-state index in [-0.39, 0.29) is 0 Å². The molecule has 0 heterocycles. The molecule has 4 rings (SSSR count). The van der Waals surface area contributed by atoms with Crippen LogP contribution in [-0.2, 0) is 0 Å². The van der Waals surface area contributed by atoms with Gasteiger partial charge in [-0.25, -0.2) is 0 Å². The van der Waals surface area contributed by atoms with E-state index in [2.05, 4.69) is 36.4 Å². The van der Waals surface area contributed by atoms with Crippen LogP contribution in [0.15, 0.2) is 35.9 Å². The van der Waals surface area contributed by atoms with Crippen LogP contribution in [0.1, 0.15) is 24.8 Å². The highest BCUT2D eigenvalue weighted by atomic mass is 14.6. The van der Waals surface area contributed by atoms with Gasteiger partial charge in [0.1, 0.15) is 0 Å². The Labute approximate surface area is 91.0 Å². The van der Waals surface area contributed by atoms with Crippen LogP contribution in [0, 0.1) is 23.7 Å². The highest BCUT2D eigenvalue weighted by Crippen LogP contribution is 2.69. The molecule has 76 valence electrons. The van der Waals surface area contributed by atoms with Gasteiger partial charge in [0.05, 0.1) is 0 Å². The van der Waals surface area contributed by atoms with Crippen LogP contribution in [0.4, 0.5) is 0 Å². The summed E-state index contributed by atoms with van der Waals surface area (Å²) in [4.78, 5) is 0. The molecule has 1 aromatic rings. The molecular weight excluding hydrogens is 180 g/mol. The van der Waals surface area contributed by atoms with Crippen molar-refractivity contribution in [2.24, 2.45) is 23.7 Å². The van der Waals surface area contributed by atoms with Crippen molar-refractivity contribution in [1.82, 2.24) is 0 Å². The van der Waals surface area contributed by atoms with Crippen molar-refractivity contribution in [1.29, 1.82) is 0 Å². The predicted molar refractivity (Wildman–Crippen MR) is 62.2 cm³/mol. The van der Waals surface area contributed by atoms with Gasteiger partial charge in [-0.1, -0.05) is 42.0 Å². The zero-order chi connectivity index (χ0) is 9.83. The largest absolute Gasteiger partial charge is 0.0622 e. The monoisotopic (exact) mass is 196 g/mol. The number of benzene rings is 1. The van der Waals surface area contributed by atoms with E-state index in [4.69, 9.17) is 0 Å². The first-order valence-electron chi connectivity index (χ1n) is 6.20. The van der Waals surface area contributed by atoms with Crippen molar-refractivity contribution in [3.8, 4) is 0 Å². The molecule has 3 aliphatic rings. The summed E-state index contributed by atoms with van der Waals surface area (Å²) in [5, 5.41) is 0. The molecule has 0 nitrogen and oxygen atoms in total. The minimum absolute atomic E-state index is 1.00.